The summed E-state index contributed by atoms with van der Waals surface area (Å²) >= 11 is 0. The molecule has 1 aliphatic heterocycles. The number of ether oxygens (including phenoxy) is 1. The van der Waals surface area contributed by atoms with E-state index in [1.165, 1.54) is 0 Å². The lowest BCUT2D eigenvalue weighted by atomic mass is 10.0. The predicted molar refractivity (Wildman–Crippen MR) is 129 cm³/mol. The van der Waals surface area contributed by atoms with Crippen molar-refractivity contribution in [3.05, 3.63) is 60.4 Å². The lowest BCUT2D eigenvalue weighted by Gasteiger charge is -2.29. The first-order valence-corrected chi connectivity index (χ1v) is 11.1. The van der Waals surface area contributed by atoms with Crippen molar-refractivity contribution < 1.29 is 14.6 Å². The van der Waals surface area contributed by atoms with Crippen LogP contribution in [0.15, 0.2) is 54.9 Å². The standard InChI is InChI=1S/C25H31N5O3/c1-28(2)15-16-33-20-8-6-19(7-9-20)24(31)29(3)17-25(32)11-14-30(18-25)22-10-13-26-21-5-4-12-27-23(21)22/h4-10,12-13,32H,11,14-18H2,1-3H3/t25-/m0/s1. The molecule has 0 radical (unpaired) electrons. The summed E-state index contributed by atoms with van der Waals surface area (Å²) in [6.07, 6.45) is 4.08. The summed E-state index contributed by atoms with van der Waals surface area (Å²) in [5.74, 6) is 0.608. The molecule has 0 unspecified atom stereocenters. The van der Waals surface area contributed by atoms with Gasteiger partial charge in [0.1, 0.15) is 23.5 Å². The lowest BCUT2D eigenvalue weighted by molar-refractivity contribution is 0.0264. The van der Waals surface area contributed by atoms with Gasteiger partial charge in [0.2, 0.25) is 0 Å². The number of aromatic nitrogens is 2. The number of hydrogen-bond acceptors (Lipinski definition) is 7. The molecule has 2 aromatic heterocycles. The fraction of sp³-hybridized carbons (Fsp3) is 0.400. The summed E-state index contributed by atoms with van der Waals surface area (Å²) in [6, 6.07) is 12.9. The zero-order chi connectivity index (χ0) is 23.4. The van der Waals surface area contributed by atoms with Gasteiger partial charge < -0.3 is 24.5 Å². The second kappa shape index (κ2) is 9.72. The molecule has 1 saturated heterocycles. The van der Waals surface area contributed by atoms with E-state index in [9.17, 15) is 9.90 Å². The SMILES string of the molecule is CN(C)CCOc1ccc(C(=O)N(C)C[C@@]2(O)CCN(c3ccnc4cccnc34)C2)cc1. The van der Waals surface area contributed by atoms with Crippen molar-refractivity contribution >= 4 is 22.6 Å². The second-order valence-electron chi connectivity index (χ2n) is 8.93. The summed E-state index contributed by atoms with van der Waals surface area (Å²) in [6.45, 7) is 2.78. The molecule has 3 aromatic rings. The maximum Gasteiger partial charge on any atom is 0.253 e. The smallest absolute Gasteiger partial charge is 0.253 e. The molecule has 8 heteroatoms. The van der Waals surface area contributed by atoms with E-state index in [1.807, 2.05) is 44.4 Å². The molecule has 0 spiro atoms. The average Bonchev–Trinajstić information content (AvgIpc) is 3.19. The van der Waals surface area contributed by atoms with Crippen molar-refractivity contribution in [1.82, 2.24) is 19.8 Å². The Morgan fingerprint density at radius 3 is 2.67 bits per heavy atom. The van der Waals surface area contributed by atoms with Crippen molar-refractivity contribution in [2.24, 2.45) is 0 Å². The minimum atomic E-state index is -0.996. The fourth-order valence-corrected chi connectivity index (χ4v) is 4.19. The third kappa shape index (κ3) is 5.40. The van der Waals surface area contributed by atoms with E-state index >= 15 is 0 Å². The summed E-state index contributed by atoms with van der Waals surface area (Å²) in [5, 5.41) is 11.3. The van der Waals surface area contributed by atoms with Crippen LogP contribution < -0.4 is 9.64 Å². The molecule has 174 valence electrons. The summed E-state index contributed by atoms with van der Waals surface area (Å²) < 4.78 is 5.70. The minimum absolute atomic E-state index is 0.127. The van der Waals surface area contributed by atoms with E-state index in [4.69, 9.17) is 4.74 Å². The number of hydrogen-bond donors (Lipinski definition) is 1. The van der Waals surface area contributed by atoms with Crippen molar-refractivity contribution in [2.45, 2.75) is 12.0 Å². The van der Waals surface area contributed by atoms with E-state index in [-0.39, 0.29) is 12.5 Å². The molecule has 4 rings (SSSR count). The summed E-state index contributed by atoms with van der Waals surface area (Å²) in [7, 11) is 5.72. The number of likely N-dealkylation sites (N-methyl/N-ethyl adjacent to an activating group) is 2. The van der Waals surface area contributed by atoms with Crippen LogP contribution in [0.3, 0.4) is 0 Å². The number of anilines is 1. The monoisotopic (exact) mass is 449 g/mol. The van der Waals surface area contributed by atoms with Crippen LogP contribution in [-0.2, 0) is 0 Å². The number of pyridine rings is 2. The van der Waals surface area contributed by atoms with Crippen LogP contribution in [-0.4, -0.2) is 90.3 Å². The topological polar surface area (TPSA) is 82.0 Å². The van der Waals surface area contributed by atoms with E-state index in [1.54, 1.807) is 36.5 Å². The molecule has 3 heterocycles. The van der Waals surface area contributed by atoms with Crippen LogP contribution in [0.4, 0.5) is 5.69 Å². The van der Waals surface area contributed by atoms with Crippen LogP contribution >= 0.6 is 0 Å². The maximum atomic E-state index is 13.0. The number of β-amino-alcohol motifs (C(OH)–C–C–N with tert-alkyl or cyclic N) is 1. The molecule has 1 amide bonds. The van der Waals surface area contributed by atoms with E-state index in [2.05, 4.69) is 19.8 Å². The molecule has 1 aliphatic rings. The van der Waals surface area contributed by atoms with Gasteiger partial charge in [-0.3, -0.25) is 14.8 Å². The largest absolute Gasteiger partial charge is 0.492 e. The molecule has 1 atom stereocenters. The Hall–Kier alpha value is -3.23. The molecule has 8 nitrogen and oxygen atoms in total. The Kier molecular flexibility index (Phi) is 6.76. The van der Waals surface area contributed by atoms with Crippen molar-refractivity contribution in [1.29, 1.82) is 0 Å². The van der Waals surface area contributed by atoms with Gasteiger partial charge in [0.15, 0.2) is 0 Å². The minimum Gasteiger partial charge on any atom is -0.492 e. The van der Waals surface area contributed by atoms with Crippen LogP contribution in [0.5, 0.6) is 5.75 Å². The van der Waals surface area contributed by atoms with Crippen LogP contribution in [0.25, 0.3) is 11.0 Å². The number of benzene rings is 1. The molecule has 33 heavy (non-hydrogen) atoms. The Labute approximate surface area is 194 Å². The predicted octanol–water partition coefficient (Wildman–Crippen LogP) is 2.28. The first-order chi connectivity index (χ1) is 15.8. The fourth-order valence-electron chi connectivity index (χ4n) is 4.19. The molecule has 1 aromatic carbocycles. The Bertz CT molecular complexity index is 1100. The third-order valence-corrected chi connectivity index (χ3v) is 5.93. The second-order valence-corrected chi connectivity index (χ2v) is 8.93. The van der Waals surface area contributed by atoms with Crippen molar-refractivity contribution in [3.8, 4) is 5.75 Å². The van der Waals surface area contributed by atoms with Crippen LogP contribution in [0.1, 0.15) is 16.8 Å². The van der Waals surface area contributed by atoms with Gasteiger partial charge in [-0.25, -0.2) is 0 Å². The quantitative estimate of drug-likeness (QED) is 0.565. The Balaban J connectivity index is 1.38. The molecule has 0 bridgehead atoms. The summed E-state index contributed by atoms with van der Waals surface area (Å²) in [4.78, 5) is 27.6. The molecule has 0 saturated carbocycles. The number of nitrogens with zero attached hydrogens (tertiary/aromatic N) is 5. The Morgan fingerprint density at radius 1 is 1.12 bits per heavy atom. The van der Waals surface area contributed by atoms with Crippen molar-refractivity contribution in [2.75, 3.05) is 58.8 Å². The Morgan fingerprint density at radius 2 is 1.91 bits per heavy atom. The normalized spacial score (nSPS) is 18.2. The molecular weight excluding hydrogens is 418 g/mol. The van der Waals surface area contributed by atoms with Gasteiger partial charge in [0, 0.05) is 44.6 Å². The van der Waals surface area contributed by atoms with Gasteiger partial charge in [-0.05, 0) is 63.0 Å². The highest BCUT2D eigenvalue weighted by molar-refractivity contribution is 5.94. The average molecular weight is 450 g/mol. The lowest BCUT2D eigenvalue weighted by Crippen LogP contribution is -2.45. The van der Waals surface area contributed by atoms with Crippen LogP contribution in [0, 0.1) is 0 Å². The van der Waals surface area contributed by atoms with Gasteiger partial charge in [-0.2, -0.15) is 0 Å². The maximum absolute atomic E-state index is 13.0. The van der Waals surface area contributed by atoms with Crippen molar-refractivity contribution in [3.63, 3.8) is 0 Å². The highest BCUT2D eigenvalue weighted by Gasteiger charge is 2.38. The number of amides is 1. The third-order valence-electron chi connectivity index (χ3n) is 5.93. The van der Waals surface area contributed by atoms with E-state index < -0.39 is 5.60 Å². The zero-order valence-electron chi connectivity index (χ0n) is 19.4. The van der Waals surface area contributed by atoms with E-state index in [0.29, 0.717) is 31.7 Å². The van der Waals surface area contributed by atoms with Gasteiger partial charge >= 0.3 is 0 Å². The number of aliphatic hydroxyl groups is 1. The molecular formula is C25H31N5O3. The van der Waals surface area contributed by atoms with Crippen LogP contribution in [0.2, 0.25) is 0 Å². The van der Waals surface area contributed by atoms with Gasteiger partial charge in [-0.1, -0.05) is 0 Å². The number of carbonyl (C=O) groups excluding carboxylic acids is 1. The highest BCUT2D eigenvalue weighted by Crippen LogP contribution is 2.31. The van der Waals surface area contributed by atoms with Gasteiger partial charge in [0.25, 0.3) is 5.91 Å². The molecule has 1 N–H and O–H groups in total. The van der Waals surface area contributed by atoms with Gasteiger partial charge in [0.05, 0.1) is 17.7 Å². The number of rotatable bonds is 8. The summed E-state index contributed by atoms with van der Waals surface area (Å²) in [5.41, 5.74) is 2.17. The first-order valence-electron chi connectivity index (χ1n) is 11.1. The highest BCUT2D eigenvalue weighted by atomic mass is 16.5. The van der Waals surface area contributed by atoms with Gasteiger partial charge in [-0.15, -0.1) is 0 Å². The number of carbonyl (C=O) groups is 1. The number of fused-ring (bicyclic) bond motifs is 1. The first kappa shape index (κ1) is 22.9. The molecule has 1 fully saturated rings. The molecule has 0 aliphatic carbocycles. The zero-order valence-corrected chi connectivity index (χ0v) is 19.4. The van der Waals surface area contributed by atoms with E-state index in [0.717, 1.165) is 29.0 Å².